The molecule has 2 atom stereocenters. The summed E-state index contributed by atoms with van der Waals surface area (Å²) in [6, 6.07) is -1.89. The van der Waals surface area contributed by atoms with E-state index in [-0.39, 0.29) is 4.75 Å². The summed E-state index contributed by atoms with van der Waals surface area (Å²) in [7, 11) is 0. The fourth-order valence-electron chi connectivity index (χ4n) is 1.85. The molecule has 1 aliphatic heterocycles. The van der Waals surface area contributed by atoms with Crippen LogP contribution in [-0.2, 0) is 9.59 Å². The first-order valence-corrected chi connectivity index (χ1v) is 7.00. The summed E-state index contributed by atoms with van der Waals surface area (Å²) < 4.78 is -0.000251. The number of rotatable bonds is 6. The predicted molar refractivity (Wildman–Crippen MR) is 71.9 cm³/mol. The van der Waals surface area contributed by atoms with E-state index in [1.807, 2.05) is 0 Å². The van der Waals surface area contributed by atoms with Gasteiger partial charge in [-0.25, -0.2) is 9.59 Å². The highest BCUT2D eigenvalue weighted by atomic mass is 32.2. The average molecular weight is 289 g/mol. The van der Waals surface area contributed by atoms with E-state index in [1.165, 1.54) is 0 Å². The molecule has 1 saturated heterocycles. The van der Waals surface area contributed by atoms with Crippen LogP contribution in [0, 0.1) is 0 Å². The first-order valence-electron chi connectivity index (χ1n) is 6.02. The molecule has 1 rings (SSSR count). The fraction of sp³-hybridized carbons (Fsp3) is 0.727. The Morgan fingerprint density at radius 1 is 1.47 bits per heavy atom. The molecular formula is C11H19N3O4S. The quantitative estimate of drug-likeness (QED) is 0.544. The van der Waals surface area contributed by atoms with Gasteiger partial charge in [-0.3, -0.25) is 4.79 Å². The van der Waals surface area contributed by atoms with E-state index in [0.717, 1.165) is 18.6 Å². The molecule has 0 aromatic carbocycles. The fourth-order valence-corrected chi connectivity index (χ4v) is 3.10. The number of primary amides is 1. The van der Waals surface area contributed by atoms with E-state index in [9.17, 15) is 14.4 Å². The summed E-state index contributed by atoms with van der Waals surface area (Å²) in [4.78, 5) is 33.1. The third-order valence-corrected chi connectivity index (χ3v) is 4.47. The number of hydrogen-bond donors (Lipinski definition) is 4. The Bertz CT molecular complexity index is 369. The molecule has 8 heteroatoms. The number of nitrogens with two attached hydrogens (primary N) is 1. The molecule has 1 heterocycles. The van der Waals surface area contributed by atoms with Crippen LogP contribution in [0.1, 0.15) is 26.2 Å². The van der Waals surface area contributed by atoms with Gasteiger partial charge in [-0.15, -0.1) is 0 Å². The van der Waals surface area contributed by atoms with Gasteiger partial charge in [0.05, 0.1) is 6.42 Å². The van der Waals surface area contributed by atoms with Gasteiger partial charge in [-0.1, -0.05) is 0 Å². The molecule has 0 aliphatic carbocycles. The molecular weight excluding hydrogens is 270 g/mol. The van der Waals surface area contributed by atoms with Crippen LogP contribution in [0.3, 0.4) is 0 Å². The first kappa shape index (κ1) is 15.6. The van der Waals surface area contributed by atoms with Gasteiger partial charge >= 0.3 is 12.0 Å². The predicted octanol–water partition coefficient (Wildman–Crippen LogP) is -0.100. The third kappa shape index (κ3) is 5.37. The number of thioether (sulfide) groups is 1. The second-order valence-corrected chi connectivity index (χ2v) is 6.47. The number of carboxylic acids is 1. The molecule has 0 bridgehead atoms. The molecule has 1 unspecified atom stereocenters. The van der Waals surface area contributed by atoms with Crippen molar-refractivity contribution in [3.8, 4) is 0 Å². The van der Waals surface area contributed by atoms with Crippen LogP contribution in [-0.4, -0.2) is 46.1 Å². The molecule has 5 N–H and O–H groups in total. The molecule has 19 heavy (non-hydrogen) atoms. The average Bonchev–Trinajstić information content (AvgIpc) is 2.73. The number of hydrogen-bond acceptors (Lipinski definition) is 4. The molecule has 0 aromatic heterocycles. The highest BCUT2D eigenvalue weighted by molar-refractivity contribution is 8.00. The largest absolute Gasteiger partial charge is 0.480 e. The molecule has 0 spiro atoms. The second-order valence-electron chi connectivity index (χ2n) is 4.79. The Hall–Kier alpha value is -1.44. The van der Waals surface area contributed by atoms with E-state index < -0.39 is 30.4 Å². The Kier molecular flexibility index (Phi) is 5.46. The standard InChI is InChI=1S/C11H19N3O4S/c1-11(3-2-4-19-11)6-13-10(18)14-7(9(16)17)5-8(12)15/h7H,2-6H2,1H3,(H2,12,15)(H,16,17)(H2,13,14,18)/t7-,11?/m1/s1. The minimum atomic E-state index is -1.29. The van der Waals surface area contributed by atoms with Gasteiger partial charge in [0, 0.05) is 11.3 Å². The first-order chi connectivity index (χ1) is 8.82. The van der Waals surface area contributed by atoms with Gasteiger partial charge in [0.25, 0.3) is 0 Å². The van der Waals surface area contributed by atoms with E-state index in [4.69, 9.17) is 10.8 Å². The Morgan fingerprint density at radius 3 is 2.63 bits per heavy atom. The van der Waals surface area contributed by atoms with Gasteiger partial charge in [0.2, 0.25) is 5.91 Å². The van der Waals surface area contributed by atoms with Crippen LogP contribution < -0.4 is 16.4 Å². The smallest absolute Gasteiger partial charge is 0.326 e. The van der Waals surface area contributed by atoms with Gasteiger partial charge in [0.15, 0.2) is 0 Å². The lowest BCUT2D eigenvalue weighted by atomic mass is 10.1. The van der Waals surface area contributed by atoms with Crippen molar-refractivity contribution in [1.82, 2.24) is 10.6 Å². The molecule has 7 nitrogen and oxygen atoms in total. The van der Waals surface area contributed by atoms with Crippen LogP contribution in [0.2, 0.25) is 0 Å². The van der Waals surface area contributed by atoms with Gasteiger partial charge in [0.1, 0.15) is 6.04 Å². The number of urea groups is 1. The zero-order valence-electron chi connectivity index (χ0n) is 10.8. The lowest BCUT2D eigenvalue weighted by Gasteiger charge is -2.23. The second kappa shape index (κ2) is 6.65. The number of carbonyl (C=O) groups is 3. The Labute approximate surface area is 115 Å². The van der Waals surface area contributed by atoms with Crippen molar-refractivity contribution in [3.05, 3.63) is 0 Å². The Balaban J connectivity index is 2.40. The summed E-state index contributed by atoms with van der Waals surface area (Å²) in [5.74, 6) is -0.986. The van der Waals surface area contributed by atoms with Crippen molar-refractivity contribution in [2.75, 3.05) is 12.3 Å². The van der Waals surface area contributed by atoms with Crippen molar-refractivity contribution in [3.63, 3.8) is 0 Å². The highest BCUT2D eigenvalue weighted by Crippen LogP contribution is 2.36. The van der Waals surface area contributed by atoms with E-state index in [2.05, 4.69) is 17.6 Å². The van der Waals surface area contributed by atoms with E-state index >= 15 is 0 Å². The maximum atomic E-state index is 11.6. The van der Waals surface area contributed by atoms with Crippen molar-refractivity contribution >= 4 is 29.7 Å². The SMILES string of the molecule is CC1(CNC(=O)N[C@H](CC(N)=O)C(=O)O)CCCS1. The van der Waals surface area contributed by atoms with E-state index in [1.54, 1.807) is 11.8 Å². The number of nitrogens with one attached hydrogen (secondary N) is 2. The minimum Gasteiger partial charge on any atom is -0.480 e. The van der Waals surface area contributed by atoms with Crippen LogP contribution in [0.4, 0.5) is 4.79 Å². The van der Waals surface area contributed by atoms with E-state index in [0.29, 0.717) is 6.54 Å². The normalized spacial score (nSPS) is 23.6. The molecule has 1 fully saturated rings. The number of amides is 3. The number of carbonyl (C=O) groups excluding carboxylic acids is 2. The molecule has 108 valence electrons. The topological polar surface area (TPSA) is 122 Å². The summed E-state index contributed by atoms with van der Waals surface area (Å²) in [5, 5.41) is 13.7. The molecule has 0 aromatic rings. The zero-order valence-corrected chi connectivity index (χ0v) is 11.6. The van der Waals surface area contributed by atoms with Crippen molar-refractivity contribution in [1.29, 1.82) is 0 Å². The van der Waals surface area contributed by atoms with Crippen molar-refractivity contribution in [2.24, 2.45) is 5.73 Å². The maximum absolute atomic E-state index is 11.6. The van der Waals surface area contributed by atoms with Gasteiger partial charge < -0.3 is 21.5 Å². The number of carboxylic acid groups (broad SMARTS) is 1. The van der Waals surface area contributed by atoms with Crippen LogP contribution >= 0.6 is 11.8 Å². The Morgan fingerprint density at radius 2 is 2.16 bits per heavy atom. The number of aliphatic carboxylic acids is 1. The summed E-state index contributed by atoms with van der Waals surface area (Å²) in [6.07, 6.45) is 1.71. The minimum absolute atomic E-state index is 0.000251. The highest BCUT2D eigenvalue weighted by Gasteiger charge is 2.30. The molecule has 0 radical (unpaired) electrons. The van der Waals surface area contributed by atoms with Crippen LogP contribution in [0.25, 0.3) is 0 Å². The summed E-state index contributed by atoms with van der Waals surface area (Å²) >= 11 is 1.79. The monoisotopic (exact) mass is 289 g/mol. The maximum Gasteiger partial charge on any atom is 0.326 e. The summed E-state index contributed by atoms with van der Waals surface area (Å²) in [6.45, 7) is 2.52. The third-order valence-electron chi connectivity index (χ3n) is 2.93. The molecule has 1 aliphatic rings. The molecule has 3 amide bonds. The van der Waals surface area contributed by atoms with Gasteiger partial charge in [-0.2, -0.15) is 11.8 Å². The van der Waals surface area contributed by atoms with Gasteiger partial charge in [-0.05, 0) is 25.5 Å². The van der Waals surface area contributed by atoms with Crippen molar-refractivity contribution < 1.29 is 19.5 Å². The van der Waals surface area contributed by atoms with Crippen LogP contribution in [0.15, 0.2) is 0 Å². The van der Waals surface area contributed by atoms with Crippen LogP contribution in [0.5, 0.6) is 0 Å². The molecule has 0 saturated carbocycles. The van der Waals surface area contributed by atoms with Crippen molar-refractivity contribution in [2.45, 2.75) is 37.0 Å². The summed E-state index contributed by atoms with van der Waals surface area (Å²) in [5.41, 5.74) is 4.92. The lowest BCUT2D eigenvalue weighted by molar-refractivity contribution is -0.140. The zero-order chi connectivity index (χ0) is 14.5. The lowest BCUT2D eigenvalue weighted by Crippen LogP contribution is -2.49.